The van der Waals surface area contributed by atoms with E-state index in [-0.39, 0.29) is 0 Å². The van der Waals surface area contributed by atoms with E-state index in [2.05, 4.69) is 24.3 Å². The normalized spacial score (nSPS) is 27.3. The molecule has 19 heavy (non-hydrogen) atoms. The Morgan fingerprint density at radius 2 is 2.00 bits per heavy atom. The zero-order valence-electron chi connectivity index (χ0n) is 11.5. The number of aromatic nitrogens is 1. The third-order valence-electron chi connectivity index (χ3n) is 3.66. The van der Waals surface area contributed by atoms with E-state index in [1.165, 1.54) is 6.42 Å². The van der Waals surface area contributed by atoms with Crippen LogP contribution < -0.4 is 11.3 Å². The lowest BCUT2D eigenvalue weighted by atomic mass is 9.82. The van der Waals surface area contributed by atoms with Gasteiger partial charge in [0.2, 0.25) is 0 Å². The average Bonchev–Trinajstić information content (AvgIpc) is 2.37. The van der Waals surface area contributed by atoms with Gasteiger partial charge in [-0.3, -0.25) is 0 Å². The fourth-order valence-corrected chi connectivity index (χ4v) is 3.03. The SMILES string of the molecule is CC1CC(C)CC(OCc2nc(NN)ccc2Cl)C1. The first-order chi connectivity index (χ1) is 9.08. The molecule has 0 spiro atoms. The largest absolute Gasteiger partial charge is 0.372 e. The molecule has 0 saturated heterocycles. The molecule has 1 heterocycles. The van der Waals surface area contributed by atoms with Gasteiger partial charge in [0.05, 0.1) is 23.4 Å². The van der Waals surface area contributed by atoms with Crippen molar-refractivity contribution in [3.05, 3.63) is 22.8 Å². The second kappa shape index (κ2) is 6.55. The number of ether oxygens (including phenoxy) is 1. The quantitative estimate of drug-likeness (QED) is 0.657. The number of nitrogens with one attached hydrogen (secondary N) is 1. The van der Waals surface area contributed by atoms with Crippen molar-refractivity contribution in [2.45, 2.75) is 45.8 Å². The molecule has 0 amide bonds. The highest BCUT2D eigenvalue weighted by Crippen LogP contribution is 2.31. The van der Waals surface area contributed by atoms with Gasteiger partial charge in [-0.05, 0) is 43.2 Å². The summed E-state index contributed by atoms with van der Waals surface area (Å²) in [7, 11) is 0. The van der Waals surface area contributed by atoms with E-state index < -0.39 is 0 Å². The number of pyridine rings is 1. The van der Waals surface area contributed by atoms with Crippen molar-refractivity contribution in [1.82, 2.24) is 4.98 Å². The molecule has 5 heteroatoms. The zero-order chi connectivity index (χ0) is 13.8. The maximum absolute atomic E-state index is 6.12. The van der Waals surface area contributed by atoms with Crippen LogP contribution in [0.1, 0.15) is 38.8 Å². The minimum atomic E-state index is 0.311. The predicted octanol–water partition coefficient (Wildman–Crippen LogP) is 3.36. The van der Waals surface area contributed by atoms with Crippen LogP contribution in [0.15, 0.2) is 12.1 Å². The van der Waals surface area contributed by atoms with Crippen LogP contribution >= 0.6 is 11.6 Å². The van der Waals surface area contributed by atoms with Crippen molar-refractivity contribution in [3.63, 3.8) is 0 Å². The van der Waals surface area contributed by atoms with Crippen LogP contribution in [-0.4, -0.2) is 11.1 Å². The number of nitrogens with two attached hydrogens (primary N) is 1. The van der Waals surface area contributed by atoms with E-state index in [1.54, 1.807) is 12.1 Å². The molecule has 2 atom stereocenters. The Bertz CT molecular complexity index is 417. The van der Waals surface area contributed by atoms with Gasteiger partial charge in [0.1, 0.15) is 5.82 Å². The summed E-state index contributed by atoms with van der Waals surface area (Å²) in [5.74, 6) is 7.41. The Labute approximate surface area is 119 Å². The highest BCUT2D eigenvalue weighted by Gasteiger charge is 2.24. The Kier molecular flexibility index (Phi) is 5.02. The predicted molar refractivity (Wildman–Crippen MR) is 77.8 cm³/mol. The number of nitrogens with zero attached hydrogens (tertiary/aromatic N) is 1. The summed E-state index contributed by atoms with van der Waals surface area (Å²) in [6.45, 7) is 5.02. The number of rotatable bonds is 4. The maximum Gasteiger partial charge on any atom is 0.140 e. The van der Waals surface area contributed by atoms with Crippen molar-refractivity contribution in [1.29, 1.82) is 0 Å². The highest BCUT2D eigenvalue weighted by molar-refractivity contribution is 6.31. The summed E-state index contributed by atoms with van der Waals surface area (Å²) < 4.78 is 5.97. The monoisotopic (exact) mass is 283 g/mol. The lowest BCUT2D eigenvalue weighted by molar-refractivity contribution is -0.0104. The van der Waals surface area contributed by atoms with Crippen LogP contribution in [0.2, 0.25) is 5.02 Å². The smallest absolute Gasteiger partial charge is 0.140 e. The fraction of sp³-hybridized carbons (Fsp3) is 0.643. The second-order valence-electron chi connectivity index (χ2n) is 5.62. The maximum atomic E-state index is 6.12. The molecule has 2 rings (SSSR count). The number of hydrogen-bond acceptors (Lipinski definition) is 4. The third kappa shape index (κ3) is 4.06. The van der Waals surface area contributed by atoms with Gasteiger partial charge in [0.15, 0.2) is 0 Å². The molecule has 0 radical (unpaired) electrons. The van der Waals surface area contributed by atoms with E-state index in [4.69, 9.17) is 22.2 Å². The number of nitrogen functional groups attached to an aromatic ring is 1. The van der Waals surface area contributed by atoms with Gasteiger partial charge in [-0.1, -0.05) is 25.4 Å². The van der Waals surface area contributed by atoms with Crippen molar-refractivity contribution in [2.24, 2.45) is 17.7 Å². The van der Waals surface area contributed by atoms with Crippen LogP contribution in [0.3, 0.4) is 0 Å². The minimum Gasteiger partial charge on any atom is -0.372 e. The molecule has 1 aliphatic rings. The van der Waals surface area contributed by atoms with Crippen LogP contribution in [-0.2, 0) is 11.3 Å². The standard InChI is InChI=1S/C14H22ClN3O/c1-9-5-10(2)7-11(6-9)19-8-13-12(15)3-4-14(17-13)18-16/h3-4,9-11H,5-8,16H2,1-2H3,(H,17,18). The first kappa shape index (κ1) is 14.6. The lowest BCUT2D eigenvalue weighted by Gasteiger charge is -2.31. The first-order valence-corrected chi connectivity index (χ1v) is 7.20. The van der Waals surface area contributed by atoms with Crippen LogP contribution in [0.4, 0.5) is 5.82 Å². The molecule has 1 saturated carbocycles. The van der Waals surface area contributed by atoms with Crippen LogP contribution in [0.25, 0.3) is 0 Å². The molecule has 0 aromatic carbocycles. The van der Waals surface area contributed by atoms with Gasteiger partial charge < -0.3 is 10.2 Å². The Morgan fingerprint density at radius 3 is 2.63 bits per heavy atom. The summed E-state index contributed by atoms with van der Waals surface area (Å²) in [6, 6.07) is 3.53. The summed E-state index contributed by atoms with van der Waals surface area (Å²) in [5.41, 5.74) is 3.26. The molecule has 0 bridgehead atoms. The number of halogens is 1. The summed E-state index contributed by atoms with van der Waals surface area (Å²) >= 11 is 6.12. The number of hydrogen-bond donors (Lipinski definition) is 2. The van der Waals surface area contributed by atoms with Crippen LogP contribution in [0, 0.1) is 11.8 Å². The summed E-state index contributed by atoms with van der Waals surface area (Å²) in [5, 5.41) is 0.621. The van der Waals surface area contributed by atoms with Gasteiger partial charge in [-0.15, -0.1) is 0 Å². The van der Waals surface area contributed by atoms with Crippen molar-refractivity contribution < 1.29 is 4.74 Å². The zero-order valence-corrected chi connectivity index (χ0v) is 12.3. The third-order valence-corrected chi connectivity index (χ3v) is 4.00. The van der Waals surface area contributed by atoms with Crippen LogP contribution in [0.5, 0.6) is 0 Å². The molecule has 106 valence electrons. The molecule has 3 N–H and O–H groups in total. The highest BCUT2D eigenvalue weighted by atomic mass is 35.5. The van der Waals surface area contributed by atoms with Gasteiger partial charge in [0.25, 0.3) is 0 Å². The van der Waals surface area contributed by atoms with E-state index in [1.807, 2.05) is 0 Å². The van der Waals surface area contributed by atoms with Gasteiger partial charge in [0, 0.05) is 0 Å². The van der Waals surface area contributed by atoms with Crippen molar-refractivity contribution in [3.8, 4) is 0 Å². The van der Waals surface area contributed by atoms with Gasteiger partial charge in [-0.25, -0.2) is 10.8 Å². The molecule has 1 aromatic rings. The van der Waals surface area contributed by atoms with Gasteiger partial charge >= 0.3 is 0 Å². The molecule has 0 aliphatic heterocycles. The molecule has 4 nitrogen and oxygen atoms in total. The molecule has 1 aromatic heterocycles. The van der Waals surface area contributed by atoms with Gasteiger partial charge in [-0.2, -0.15) is 0 Å². The molecule has 1 aliphatic carbocycles. The van der Waals surface area contributed by atoms with Crippen molar-refractivity contribution >= 4 is 17.4 Å². The first-order valence-electron chi connectivity index (χ1n) is 6.82. The summed E-state index contributed by atoms with van der Waals surface area (Å²) in [6.07, 6.45) is 3.85. The Hall–Kier alpha value is -0.840. The second-order valence-corrected chi connectivity index (χ2v) is 6.03. The molecule has 2 unspecified atom stereocenters. The molecule has 1 fully saturated rings. The Morgan fingerprint density at radius 1 is 1.32 bits per heavy atom. The molecular formula is C14H22ClN3O. The van der Waals surface area contributed by atoms with E-state index in [9.17, 15) is 0 Å². The van der Waals surface area contributed by atoms with E-state index in [0.29, 0.717) is 23.6 Å². The average molecular weight is 284 g/mol. The van der Waals surface area contributed by atoms with Crippen molar-refractivity contribution in [2.75, 3.05) is 5.43 Å². The Balaban J connectivity index is 1.94. The summed E-state index contributed by atoms with van der Waals surface area (Å²) in [4.78, 5) is 4.32. The topological polar surface area (TPSA) is 60.2 Å². The number of anilines is 1. The fourth-order valence-electron chi connectivity index (χ4n) is 2.87. The van der Waals surface area contributed by atoms with E-state index >= 15 is 0 Å². The lowest BCUT2D eigenvalue weighted by Crippen LogP contribution is -2.26. The number of hydrazine groups is 1. The molecular weight excluding hydrogens is 262 g/mol. The minimum absolute atomic E-state index is 0.311. The van der Waals surface area contributed by atoms with E-state index in [0.717, 1.165) is 30.4 Å².